The molecule has 0 saturated heterocycles. The van der Waals surface area contributed by atoms with Crippen LogP contribution in [0.2, 0.25) is 0 Å². The third-order valence-corrected chi connectivity index (χ3v) is 3.58. The lowest BCUT2D eigenvalue weighted by Gasteiger charge is -1.94. The molecule has 1 aromatic rings. The van der Waals surface area contributed by atoms with Gasteiger partial charge in [0.05, 0.1) is 5.75 Å². The molecule has 0 spiro atoms. The molecule has 1 rings (SSSR count). The Hall–Kier alpha value is -0.420. The van der Waals surface area contributed by atoms with Crippen LogP contribution in [-0.4, -0.2) is 20.9 Å². The Balaban J connectivity index is 2.34. The van der Waals surface area contributed by atoms with Crippen LogP contribution in [0.5, 0.6) is 0 Å². The van der Waals surface area contributed by atoms with E-state index in [0.717, 1.165) is 23.0 Å². The van der Waals surface area contributed by atoms with Crippen molar-refractivity contribution in [3.05, 3.63) is 5.82 Å². The minimum Gasteiger partial charge on any atom is -0.299 e. The highest BCUT2D eigenvalue weighted by Crippen LogP contribution is 2.20. The molecule has 0 fully saturated rings. The van der Waals surface area contributed by atoms with E-state index in [1.807, 2.05) is 13.8 Å². The maximum absolute atomic E-state index is 11.2. The van der Waals surface area contributed by atoms with E-state index >= 15 is 0 Å². The van der Waals surface area contributed by atoms with Gasteiger partial charge in [0.15, 0.2) is 4.34 Å². The molecule has 5 heteroatoms. The Morgan fingerprint density at radius 1 is 1.50 bits per heavy atom. The number of nitrogens with zero attached hydrogens (tertiary/aromatic N) is 2. The summed E-state index contributed by atoms with van der Waals surface area (Å²) >= 11 is 2.88. The van der Waals surface area contributed by atoms with Crippen LogP contribution in [0.15, 0.2) is 4.34 Å². The molecule has 1 heterocycles. The van der Waals surface area contributed by atoms with Crippen LogP contribution in [0.25, 0.3) is 0 Å². The van der Waals surface area contributed by atoms with Gasteiger partial charge in [-0.15, -0.1) is 0 Å². The lowest BCUT2D eigenvalue weighted by atomic mass is 10.3. The summed E-state index contributed by atoms with van der Waals surface area (Å²) in [6.07, 6.45) is 2.46. The molecule has 0 N–H and O–H groups in total. The normalized spacial score (nSPS) is 10.4. The quantitative estimate of drug-likeness (QED) is 0.704. The highest BCUT2D eigenvalue weighted by Gasteiger charge is 2.06. The van der Waals surface area contributed by atoms with E-state index in [0.29, 0.717) is 18.0 Å². The van der Waals surface area contributed by atoms with Gasteiger partial charge in [-0.3, -0.25) is 4.79 Å². The van der Waals surface area contributed by atoms with Gasteiger partial charge in [-0.05, 0) is 18.0 Å². The molecule has 0 atom stereocenters. The van der Waals surface area contributed by atoms with Gasteiger partial charge in [0.2, 0.25) is 0 Å². The Morgan fingerprint density at radius 3 is 2.86 bits per heavy atom. The van der Waals surface area contributed by atoms with Crippen molar-refractivity contribution in [3.63, 3.8) is 0 Å². The van der Waals surface area contributed by atoms with Crippen molar-refractivity contribution in [2.24, 2.45) is 0 Å². The van der Waals surface area contributed by atoms with Crippen molar-refractivity contribution in [1.29, 1.82) is 0 Å². The van der Waals surface area contributed by atoms with Crippen LogP contribution in [0, 0.1) is 0 Å². The number of thioether (sulfide) groups is 1. The predicted octanol–water partition coefficient (Wildman–Crippen LogP) is 2.56. The van der Waals surface area contributed by atoms with Crippen molar-refractivity contribution >= 4 is 29.1 Å². The number of carbonyl (C=O) groups excluding carboxylic acids is 1. The smallest absolute Gasteiger partial charge is 0.170 e. The maximum atomic E-state index is 11.2. The number of Topliss-reactive ketones (excluding diaryl/α,β-unsaturated/α-hetero) is 1. The van der Waals surface area contributed by atoms with Crippen molar-refractivity contribution in [2.45, 2.75) is 37.4 Å². The molecular formula is C9H14N2OS2. The molecule has 0 aliphatic rings. The molecule has 0 aliphatic heterocycles. The second-order valence-corrected chi connectivity index (χ2v) is 4.88. The number of carbonyl (C=O) groups is 1. The average Bonchev–Trinajstić information content (AvgIpc) is 2.63. The standard InChI is InChI=1S/C9H14N2OS2/c1-3-5-7(12)6-13-9-10-8(4-2)11-14-9/h3-6H2,1-2H3. The van der Waals surface area contributed by atoms with E-state index in [1.54, 1.807) is 0 Å². The molecule has 0 bridgehead atoms. The summed E-state index contributed by atoms with van der Waals surface area (Å²) in [6.45, 7) is 4.04. The van der Waals surface area contributed by atoms with Gasteiger partial charge in [0, 0.05) is 12.8 Å². The fraction of sp³-hybridized carbons (Fsp3) is 0.667. The number of ketones is 1. The van der Waals surface area contributed by atoms with Crippen LogP contribution >= 0.6 is 23.3 Å². The lowest BCUT2D eigenvalue weighted by molar-refractivity contribution is -0.116. The van der Waals surface area contributed by atoms with Crippen molar-refractivity contribution in [2.75, 3.05) is 5.75 Å². The average molecular weight is 230 g/mol. The van der Waals surface area contributed by atoms with Crippen LogP contribution in [0.4, 0.5) is 0 Å². The number of hydrogen-bond acceptors (Lipinski definition) is 5. The Morgan fingerprint density at radius 2 is 2.29 bits per heavy atom. The van der Waals surface area contributed by atoms with Gasteiger partial charge in [-0.2, -0.15) is 4.37 Å². The first-order chi connectivity index (χ1) is 6.76. The second-order valence-electron chi connectivity index (χ2n) is 2.91. The largest absolute Gasteiger partial charge is 0.299 e. The SMILES string of the molecule is CCCC(=O)CSc1nc(CC)ns1. The number of hydrogen-bond donors (Lipinski definition) is 0. The maximum Gasteiger partial charge on any atom is 0.170 e. The molecule has 0 amide bonds. The summed E-state index contributed by atoms with van der Waals surface area (Å²) in [4.78, 5) is 15.5. The molecule has 0 aromatic carbocycles. The van der Waals surface area contributed by atoms with Gasteiger partial charge in [-0.1, -0.05) is 25.6 Å². The van der Waals surface area contributed by atoms with Crippen LogP contribution in [0.3, 0.4) is 0 Å². The molecule has 78 valence electrons. The molecule has 1 aromatic heterocycles. The summed E-state index contributed by atoms with van der Waals surface area (Å²) < 4.78 is 5.07. The van der Waals surface area contributed by atoms with Crippen molar-refractivity contribution in [1.82, 2.24) is 9.36 Å². The van der Waals surface area contributed by atoms with E-state index in [1.165, 1.54) is 23.3 Å². The molecule has 0 saturated carbocycles. The zero-order valence-corrected chi connectivity index (χ0v) is 10.1. The lowest BCUT2D eigenvalue weighted by Crippen LogP contribution is -1.99. The topological polar surface area (TPSA) is 42.9 Å². The van der Waals surface area contributed by atoms with E-state index < -0.39 is 0 Å². The zero-order valence-electron chi connectivity index (χ0n) is 8.45. The van der Waals surface area contributed by atoms with E-state index in [9.17, 15) is 4.79 Å². The fourth-order valence-corrected chi connectivity index (χ4v) is 2.53. The van der Waals surface area contributed by atoms with Gasteiger partial charge >= 0.3 is 0 Å². The summed E-state index contributed by atoms with van der Waals surface area (Å²) in [6, 6.07) is 0. The fourth-order valence-electron chi connectivity index (χ4n) is 0.933. The Bertz CT molecular complexity index is 299. The summed E-state index contributed by atoms with van der Waals surface area (Å²) in [7, 11) is 0. The third kappa shape index (κ3) is 3.75. The van der Waals surface area contributed by atoms with Gasteiger partial charge in [-0.25, -0.2) is 4.98 Å². The molecular weight excluding hydrogens is 216 g/mol. The molecule has 0 unspecified atom stereocenters. The highest BCUT2D eigenvalue weighted by atomic mass is 32.2. The van der Waals surface area contributed by atoms with Gasteiger partial charge < -0.3 is 0 Å². The Kier molecular flexibility index (Phi) is 5.11. The van der Waals surface area contributed by atoms with E-state index in [4.69, 9.17) is 0 Å². The summed E-state index contributed by atoms with van der Waals surface area (Å²) in [5.41, 5.74) is 0. The van der Waals surface area contributed by atoms with E-state index in [2.05, 4.69) is 9.36 Å². The minimum atomic E-state index is 0.297. The number of aromatic nitrogens is 2. The van der Waals surface area contributed by atoms with Crippen LogP contribution in [-0.2, 0) is 11.2 Å². The summed E-state index contributed by atoms with van der Waals surface area (Å²) in [5.74, 6) is 1.71. The first kappa shape index (κ1) is 11.7. The predicted molar refractivity (Wildman–Crippen MR) is 59.9 cm³/mol. The number of rotatable bonds is 6. The minimum absolute atomic E-state index is 0.297. The van der Waals surface area contributed by atoms with Gasteiger partial charge in [0.1, 0.15) is 11.6 Å². The first-order valence-electron chi connectivity index (χ1n) is 4.73. The van der Waals surface area contributed by atoms with Crippen LogP contribution in [0.1, 0.15) is 32.5 Å². The number of aryl methyl sites for hydroxylation is 1. The van der Waals surface area contributed by atoms with Crippen molar-refractivity contribution < 1.29 is 4.79 Å². The molecule has 0 radical (unpaired) electrons. The van der Waals surface area contributed by atoms with Gasteiger partial charge in [0.25, 0.3) is 0 Å². The monoisotopic (exact) mass is 230 g/mol. The second kappa shape index (κ2) is 6.14. The summed E-state index contributed by atoms with van der Waals surface area (Å²) in [5, 5.41) is 0. The molecule has 3 nitrogen and oxygen atoms in total. The Labute approximate surface area is 92.5 Å². The third-order valence-electron chi connectivity index (χ3n) is 1.65. The van der Waals surface area contributed by atoms with Crippen LogP contribution < -0.4 is 0 Å². The molecule has 14 heavy (non-hydrogen) atoms. The highest BCUT2D eigenvalue weighted by molar-refractivity contribution is 8.01. The molecule has 0 aliphatic carbocycles. The van der Waals surface area contributed by atoms with Crippen molar-refractivity contribution in [3.8, 4) is 0 Å². The van der Waals surface area contributed by atoms with E-state index in [-0.39, 0.29) is 0 Å². The zero-order chi connectivity index (χ0) is 10.4. The first-order valence-corrected chi connectivity index (χ1v) is 6.49.